The van der Waals surface area contributed by atoms with Crippen LogP contribution in [-0.2, 0) is 4.79 Å². The molecule has 0 radical (unpaired) electrons. The van der Waals surface area contributed by atoms with E-state index in [1.165, 1.54) is 6.07 Å². The van der Waals surface area contributed by atoms with Gasteiger partial charge in [-0.25, -0.2) is 13.8 Å². The third-order valence-corrected chi connectivity index (χ3v) is 4.01. The fourth-order valence-corrected chi connectivity index (χ4v) is 2.71. The van der Waals surface area contributed by atoms with E-state index in [4.69, 9.17) is 4.74 Å². The first-order chi connectivity index (χ1) is 11.1. The summed E-state index contributed by atoms with van der Waals surface area (Å²) in [6, 6.07) is 3.21. The second kappa shape index (κ2) is 6.76. The van der Waals surface area contributed by atoms with Crippen LogP contribution in [-0.4, -0.2) is 40.5 Å². The zero-order valence-corrected chi connectivity index (χ0v) is 12.5. The van der Waals surface area contributed by atoms with Gasteiger partial charge in [0.15, 0.2) is 18.2 Å². The predicted octanol–water partition coefficient (Wildman–Crippen LogP) is 2.47. The Morgan fingerprint density at radius 2 is 2.09 bits per heavy atom. The highest BCUT2D eigenvalue weighted by molar-refractivity contribution is 5.77. The zero-order valence-electron chi connectivity index (χ0n) is 12.5. The van der Waals surface area contributed by atoms with E-state index >= 15 is 0 Å². The molecule has 1 aliphatic heterocycles. The standard InChI is InChI=1S/C16H17F2N3O2/c17-13-2-1-12(9-14(13)18)23-10-15(22)21-7-3-11(4-8-21)16-19-5-6-20-16/h1-2,5-6,9,11H,3-4,7-8,10H2,(H,19,20). The summed E-state index contributed by atoms with van der Waals surface area (Å²) in [7, 11) is 0. The molecular weight excluding hydrogens is 304 g/mol. The highest BCUT2D eigenvalue weighted by Crippen LogP contribution is 2.25. The molecule has 5 nitrogen and oxygen atoms in total. The molecule has 23 heavy (non-hydrogen) atoms. The number of aromatic amines is 1. The highest BCUT2D eigenvalue weighted by Gasteiger charge is 2.25. The number of carbonyl (C=O) groups excluding carboxylic acids is 1. The molecule has 1 aromatic heterocycles. The second-order valence-electron chi connectivity index (χ2n) is 5.49. The van der Waals surface area contributed by atoms with Gasteiger partial charge in [0.05, 0.1) is 0 Å². The zero-order chi connectivity index (χ0) is 16.2. The molecule has 1 fully saturated rings. The Kier molecular flexibility index (Phi) is 4.55. The number of likely N-dealkylation sites (tertiary alicyclic amines) is 1. The summed E-state index contributed by atoms with van der Waals surface area (Å²) in [5, 5.41) is 0. The van der Waals surface area contributed by atoms with E-state index in [2.05, 4.69) is 9.97 Å². The molecule has 1 aromatic carbocycles. The van der Waals surface area contributed by atoms with Crippen molar-refractivity contribution < 1.29 is 18.3 Å². The van der Waals surface area contributed by atoms with Crippen molar-refractivity contribution in [3.8, 4) is 5.75 Å². The van der Waals surface area contributed by atoms with E-state index in [1.54, 1.807) is 17.3 Å². The summed E-state index contributed by atoms with van der Waals surface area (Å²) in [6.45, 7) is 1.08. The van der Waals surface area contributed by atoms with Gasteiger partial charge in [-0.1, -0.05) is 0 Å². The number of amides is 1. The quantitative estimate of drug-likeness (QED) is 0.941. The Morgan fingerprint density at radius 1 is 1.30 bits per heavy atom. The summed E-state index contributed by atoms with van der Waals surface area (Å²) in [4.78, 5) is 21.2. The van der Waals surface area contributed by atoms with Gasteiger partial charge in [-0.3, -0.25) is 4.79 Å². The number of benzene rings is 1. The smallest absolute Gasteiger partial charge is 0.260 e. The van der Waals surface area contributed by atoms with Crippen molar-refractivity contribution >= 4 is 5.91 Å². The molecule has 1 amide bonds. The van der Waals surface area contributed by atoms with Crippen molar-refractivity contribution in [2.24, 2.45) is 0 Å². The number of rotatable bonds is 4. The van der Waals surface area contributed by atoms with Crippen molar-refractivity contribution in [2.45, 2.75) is 18.8 Å². The molecule has 0 aliphatic carbocycles. The average Bonchev–Trinajstić information content (AvgIpc) is 3.10. The van der Waals surface area contributed by atoms with Gasteiger partial charge in [0.1, 0.15) is 11.6 Å². The molecule has 1 N–H and O–H groups in total. The van der Waals surface area contributed by atoms with Crippen LogP contribution in [0.3, 0.4) is 0 Å². The van der Waals surface area contributed by atoms with E-state index in [9.17, 15) is 13.6 Å². The molecule has 3 rings (SSSR count). The molecule has 0 saturated carbocycles. The number of piperidine rings is 1. The molecule has 1 saturated heterocycles. The predicted molar refractivity (Wildman–Crippen MR) is 79.0 cm³/mol. The van der Waals surface area contributed by atoms with Gasteiger partial charge in [-0.05, 0) is 25.0 Å². The van der Waals surface area contributed by atoms with E-state index in [1.807, 2.05) is 0 Å². The number of nitrogens with one attached hydrogen (secondary N) is 1. The summed E-state index contributed by atoms with van der Waals surface area (Å²) in [6.07, 6.45) is 5.19. The van der Waals surface area contributed by atoms with Gasteiger partial charge >= 0.3 is 0 Å². The van der Waals surface area contributed by atoms with Gasteiger partial charge in [0.25, 0.3) is 5.91 Å². The molecule has 1 aliphatic rings. The third-order valence-electron chi connectivity index (χ3n) is 4.01. The first kappa shape index (κ1) is 15.5. The number of carbonyl (C=O) groups is 1. The van der Waals surface area contributed by atoms with Gasteiger partial charge in [0.2, 0.25) is 0 Å². The van der Waals surface area contributed by atoms with Crippen LogP contribution in [0.4, 0.5) is 8.78 Å². The van der Waals surface area contributed by atoms with E-state index in [-0.39, 0.29) is 18.3 Å². The Morgan fingerprint density at radius 3 is 2.74 bits per heavy atom. The number of ether oxygens (including phenoxy) is 1. The largest absolute Gasteiger partial charge is 0.484 e. The van der Waals surface area contributed by atoms with Gasteiger partial charge < -0.3 is 14.6 Å². The van der Waals surface area contributed by atoms with Crippen LogP contribution in [0.1, 0.15) is 24.6 Å². The Hall–Kier alpha value is -2.44. The number of aromatic nitrogens is 2. The van der Waals surface area contributed by atoms with Gasteiger partial charge in [-0.2, -0.15) is 0 Å². The Labute approximate surface area is 132 Å². The van der Waals surface area contributed by atoms with Crippen molar-refractivity contribution in [2.75, 3.05) is 19.7 Å². The second-order valence-corrected chi connectivity index (χ2v) is 5.49. The average molecular weight is 321 g/mol. The first-order valence-corrected chi connectivity index (χ1v) is 7.48. The van der Waals surface area contributed by atoms with Crippen molar-refractivity contribution in [1.29, 1.82) is 0 Å². The Bertz CT molecular complexity index is 668. The number of nitrogens with zero attached hydrogens (tertiary/aromatic N) is 2. The number of hydrogen-bond donors (Lipinski definition) is 1. The topological polar surface area (TPSA) is 58.2 Å². The van der Waals surface area contributed by atoms with Crippen molar-refractivity contribution in [1.82, 2.24) is 14.9 Å². The lowest BCUT2D eigenvalue weighted by Gasteiger charge is -2.31. The molecule has 122 valence electrons. The maximum atomic E-state index is 13.1. The molecule has 0 spiro atoms. The lowest BCUT2D eigenvalue weighted by molar-refractivity contribution is -0.134. The monoisotopic (exact) mass is 321 g/mol. The molecule has 2 heterocycles. The van der Waals surface area contributed by atoms with Crippen LogP contribution in [0.2, 0.25) is 0 Å². The van der Waals surface area contributed by atoms with E-state index < -0.39 is 11.6 Å². The Balaban J connectivity index is 1.48. The molecule has 0 unspecified atom stereocenters. The molecular formula is C16H17F2N3O2. The maximum absolute atomic E-state index is 13.1. The highest BCUT2D eigenvalue weighted by atomic mass is 19.2. The summed E-state index contributed by atoms with van der Waals surface area (Å²) >= 11 is 0. The summed E-state index contributed by atoms with van der Waals surface area (Å²) in [5.74, 6) is -0.662. The lowest BCUT2D eigenvalue weighted by Crippen LogP contribution is -2.40. The van der Waals surface area contributed by atoms with Crippen LogP contribution < -0.4 is 4.74 Å². The number of H-pyrrole nitrogens is 1. The van der Waals surface area contributed by atoms with E-state index in [0.29, 0.717) is 19.0 Å². The minimum Gasteiger partial charge on any atom is -0.484 e. The van der Waals surface area contributed by atoms with Crippen LogP contribution in [0.15, 0.2) is 30.6 Å². The molecule has 0 bridgehead atoms. The number of hydrogen-bond acceptors (Lipinski definition) is 3. The summed E-state index contributed by atoms with van der Waals surface area (Å²) < 4.78 is 31.1. The van der Waals surface area contributed by atoms with Gasteiger partial charge in [-0.15, -0.1) is 0 Å². The van der Waals surface area contributed by atoms with Crippen LogP contribution in [0, 0.1) is 11.6 Å². The van der Waals surface area contributed by atoms with Crippen LogP contribution in [0.25, 0.3) is 0 Å². The SMILES string of the molecule is O=C(COc1ccc(F)c(F)c1)N1CCC(c2ncc[nH]2)CC1. The fraction of sp³-hybridized carbons (Fsp3) is 0.375. The summed E-state index contributed by atoms with van der Waals surface area (Å²) in [5.41, 5.74) is 0. The first-order valence-electron chi connectivity index (χ1n) is 7.48. The molecule has 7 heteroatoms. The fourth-order valence-electron chi connectivity index (χ4n) is 2.71. The third kappa shape index (κ3) is 3.67. The minimum atomic E-state index is -0.991. The number of imidazole rings is 1. The maximum Gasteiger partial charge on any atom is 0.260 e. The van der Waals surface area contributed by atoms with Crippen molar-refractivity contribution in [3.63, 3.8) is 0 Å². The van der Waals surface area contributed by atoms with E-state index in [0.717, 1.165) is 30.8 Å². The van der Waals surface area contributed by atoms with Crippen molar-refractivity contribution in [3.05, 3.63) is 48.1 Å². The van der Waals surface area contributed by atoms with Crippen LogP contribution in [0.5, 0.6) is 5.75 Å². The minimum absolute atomic E-state index is 0.141. The van der Waals surface area contributed by atoms with Crippen LogP contribution >= 0.6 is 0 Å². The molecule has 0 atom stereocenters. The lowest BCUT2D eigenvalue weighted by atomic mass is 9.96. The normalized spacial score (nSPS) is 15.7. The van der Waals surface area contributed by atoms with Gasteiger partial charge in [0, 0.05) is 37.5 Å². The number of halogens is 2. The molecule has 2 aromatic rings.